The Morgan fingerprint density at radius 2 is 1.67 bits per heavy atom. The van der Waals surface area contributed by atoms with Crippen molar-refractivity contribution in [3.63, 3.8) is 0 Å². The number of halogens is 1. The van der Waals surface area contributed by atoms with Gasteiger partial charge in [0, 0.05) is 17.8 Å². The lowest BCUT2D eigenvalue weighted by Gasteiger charge is -2.09. The van der Waals surface area contributed by atoms with E-state index >= 15 is 0 Å². The number of amides is 1. The van der Waals surface area contributed by atoms with Crippen LogP contribution in [0.2, 0.25) is 5.02 Å². The van der Waals surface area contributed by atoms with Crippen LogP contribution in [0.25, 0.3) is 10.9 Å². The van der Waals surface area contributed by atoms with Crippen molar-refractivity contribution in [2.75, 3.05) is 10.6 Å². The average molecular weight is 376 g/mol. The van der Waals surface area contributed by atoms with Crippen LogP contribution in [0.4, 0.5) is 17.3 Å². The molecule has 0 aliphatic rings. The molecular formula is C20H14ClN5O. The number of carbonyl (C=O) groups excluding carboxylic acids is 1. The third-order valence-electron chi connectivity index (χ3n) is 3.89. The maximum absolute atomic E-state index is 12.5. The van der Waals surface area contributed by atoms with E-state index in [2.05, 4.69) is 25.6 Å². The van der Waals surface area contributed by atoms with Gasteiger partial charge in [0.1, 0.15) is 5.69 Å². The van der Waals surface area contributed by atoms with Crippen LogP contribution < -0.4 is 10.6 Å². The molecule has 0 saturated carbocycles. The van der Waals surface area contributed by atoms with Gasteiger partial charge in [-0.2, -0.15) is 0 Å². The zero-order valence-electron chi connectivity index (χ0n) is 14.1. The molecule has 27 heavy (non-hydrogen) atoms. The number of nitrogens with one attached hydrogen (secondary N) is 2. The molecule has 0 aliphatic heterocycles. The zero-order chi connectivity index (χ0) is 18.6. The fourth-order valence-electron chi connectivity index (χ4n) is 2.62. The number of hydrogen-bond donors (Lipinski definition) is 2. The lowest BCUT2D eigenvalue weighted by molar-refractivity contribution is 0.102. The normalized spacial score (nSPS) is 10.6. The third-order valence-corrected chi connectivity index (χ3v) is 4.22. The molecule has 132 valence electrons. The molecule has 0 bridgehead atoms. The summed E-state index contributed by atoms with van der Waals surface area (Å²) in [7, 11) is 0. The Kier molecular flexibility index (Phi) is 4.63. The van der Waals surface area contributed by atoms with E-state index in [0.29, 0.717) is 16.7 Å². The maximum atomic E-state index is 12.5. The van der Waals surface area contributed by atoms with Crippen molar-refractivity contribution in [3.05, 3.63) is 83.8 Å². The Morgan fingerprint density at radius 1 is 0.852 bits per heavy atom. The Labute approximate surface area is 160 Å². The minimum atomic E-state index is -0.371. The largest absolute Gasteiger partial charge is 0.322 e. The van der Waals surface area contributed by atoms with Crippen molar-refractivity contribution in [2.45, 2.75) is 0 Å². The first kappa shape index (κ1) is 16.9. The Morgan fingerprint density at radius 3 is 2.56 bits per heavy atom. The lowest BCUT2D eigenvalue weighted by Crippen LogP contribution is -2.15. The highest BCUT2D eigenvalue weighted by molar-refractivity contribution is 6.33. The summed E-state index contributed by atoms with van der Waals surface area (Å²) in [4.78, 5) is 25.4. The number of benzene rings is 2. The van der Waals surface area contributed by atoms with Gasteiger partial charge in [-0.25, -0.2) is 9.97 Å². The standard InChI is InChI=1S/C20H14ClN5O/c21-14-7-1-2-8-15(14)24-19(27)17-10-12-23-20(26-17)25-16-9-3-5-13-6-4-11-22-18(13)16/h1-12H,(H,24,27)(H,23,25,26). The van der Waals surface area contributed by atoms with Crippen molar-refractivity contribution >= 4 is 45.7 Å². The SMILES string of the molecule is O=C(Nc1ccccc1Cl)c1ccnc(Nc2cccc3cccnc23)n1. The van der Waals surface area contributed by atoms with Crippen LogP contribution in [0.15, 0.2) is 73.1 Å². The first-order valence-electron chi connectivity index (χ1n) is 8.20. The smallest absolute Gasteiger partial charge is 0.274 e. The van der Waals surface area contributed by atoms with Gasteiger partial charge >= 0.3 is 0 Å². The molecule has 0 aliphatic carbocycles. The molecule has 1 amide bonds. The van der Waals surface area contributed by atoms with E-state index in [4.69, 9.17) is 11.6 Å². The predicted molar refractivity (Wildman–Crippen MR) is 106 cm³/mol. The summed E-state index contributed by atoms with van der Waals surface area (Å²) in [5.41, 5.74) is 2.31. The molecule has 2 aromatic heterocycles. The van der Waals surface area contributed by atoms with Crippen molar-refractivity contribution in [2.24, 2.45) is 0 Å². The van der Waals surface area contributed by atoms with Crippen molar-refractivity contribution < 1.29 is 4.79 Å². The van der Waals surface area contributed by atoms with Crippen LogP contribution in [0.1, 0.15) is 10.5 Å². The van der Waals surface area contributed by atoms with Gasteiger partial charge in [0.05, 0.1) is 21.9 Å². The summed E-state index contributed by atoms with van der Waals surface area (Å²) >= 11 is 6.08. The van der Waals surface area contributed by atoms with Crippen LogP contribution in [0.5, 0.6) is 0 Å². The number of carbonyl (C=O) groups is 1. The van der Waals surface area contributed by atoms with E-state index < -0.39 is 0 Å². The summed E-state index contributed by atoms with van der Waals surface area (Å²) in [5, 5.41) is 7.33. The first-order chi connectivity index (χ1) is 13.2. The van der Waals surface area contributed by atoms with Gasteiger partial charge < -0.3 is 10.6 Å². The first-order valence-corrected chi connectivity index (χ1v) is 8.58. The summed E-state index contributed by atoms with van der Waals surface area (Å²) < 4.78 is 0. The summed E-state index contributed by atoms with van der Waals surface area (Å²) in [6.07, 6.45) is 3.25. The van der Waals surface area contributed by atoms with Crippen molar-refractivity contribution in [1.29, 1.82) is 0 Å². The molecule has 0 saturated heterocycles. The van der Waals surface area contributed by atoms with E-state index in [-0.39, 0.29) is 11.6 Å². The Bertz CT molecular complexity index is 1130. The van der Waals surface area contributed by atoms with Gasteiger partial charge in [0.25, 0.3) is 5.91 Å². The van der Waals surface area contributed by atoms with Gasteiger partial charge in [0.2, 0.25) is 5.95 Å². The third kappa shape index (κ3) is 3.70. The van der Waals surface area contributed by atoms with Crippen LogP contribution in [-0.2, 0) is 0 Å². The second kappa shape index (κ2) is 7.39. The number of rotatable bonds is 4. The molecule has 0 radical (unpaired) electrons. The molecule has 0 spiro atoms. The predicted octanol–water partition coefficient (Wildman–Crippen LogP) is 4.67. The fraction of sp³-hybridized carbons (Fsp3) is 0. The average Bonchev–Trinajstić information content (AvgIpc) is 2.70. The molecule has 4 rings (SSSR count). The van der Waals surface area contributed by atoms with Gasteiger partial charge in [-0.3, -0.25) is 9.78 Å². The molecule has 0 fully saturated rings. The highest BCUT2D eigenvalue weighted by Gasteiger charge is 2.12. The molecule has 6 nitrogen and oxygen atoms in total. The van der Waals surface area contributed by atoms with Crippen LogP contribution in [-0.4, -0.2) is 20.9 Å². The molecular weight excluding hydrogens is 362 g/mol. The number of anilines is 3. The monoisotopic (exact) mass is 375 g/mol. The van der Waals surface area contributed by atoms with E-state index in [0.717, 1.165) is 16.6 Å². The zero-order valence-corrected chi connectivity index (χ0v) is 14.8. The Balaban J connectivity index is 1.59. The van der Waals surface area contributed by atoms with Gasteiger partial charge in [-0.05, 0) is 30.3 Å². The fourth-order valence-corrected chi connectivity index (χ4v) is 2.80. The second-order valence-electron chi connectivity index (χ2n) is 5.71. The molecule has 0 unspecified atom stereocenters. The topological polar surface area (TPSA) is 79.8 Å². The van der Waals surface area contributed by atoms with E-state index in [1.54, 1.807) is 36.5 Å². The van der Waals surface area contributed by atoms with Gasteiger partial charge in [-0.1, -0.05) is 41.9 Å². The highest BCUT2D eigenvalue weighted by atomic mass is 35.5. The second-order valence-corrected chi connectivity index (χ2v) is 6.11. The van der Waals surface area contributed by atoms with Crippen LogP contribution >= 0.6 is 11.6 Å². The quantitative estimate of drug-likeness (QED) is 0.541. The van der Waals surface area contributed by atoms with E-state index in [9.17, 15) is 4.79 Å². The summed E-state index contributed by atoms with van der Waals surface area (Å²) in [6.45, 7) is 0. The summed E-state index contributed by atoms with van der Waals surface area (Å²) in [6, 6.07) is 18.2. The maximum Gasteiger partial charge on any atom is 0.274 e. The van der Waals surface area contributed by atoms with E-state index in [1.807, 2.05) is 30.3 Å². The molecule has 2 heterocycles. The highest BCUT2D eigenvalue weighted by Crippen LogP contribution is 2.24. The Hall–Kier alpha value is -3.51. The number of nitrogens with zero attached hydrogens (tertiary/aromatic N) is 3. The number of para-hydroxylation sites is 2. The van der Waals surface area contributed by atoms with Gasteiger partial charge in [-0.15, -0.1) is 0 Å². The molecule has 2 aromatic carbocycles. The van der Waals surface area contributed by atoms with Crippen LogP contribution in [0, 0.1) is 0 Å². The van der Waals surface area contributed by atoms with Crippen molar-refractivity contribution in [3.8, 4) is 0 Å². The minimum Gasteiger partial charge on any atom is -0.322 e. The van der Waals surface area contributed by atoms with E-state index in [1.165, 1.54) is 6.20 Å². The van der Waals surface area contributed by atoms with Crippen LogP contribution in [0.3, 0.4) is 0 Å². The number of aromatic nitrogens is 3. The number of pyridine rings is 1. The lowest BCUT2D eigenvalue weighted by atomic mass is 10.2. The van der Waals surface area contributed by atoms with Gasteiger partial charge in [0.15, 0.2) is 0 Å². The van der Waals surface area contributed by atoms with Crippen molar-refractivity contribution in [1.82, 2.24) is 15.0 Å². The molecule has 7 heteroatoms. The molecule has 2 N–H and O–H groups in total. The molecule has 0 atom stereocenters. The number of fused-ring (bicyclic) bond motifs is 1. The minimum absolute atomic E-state index is 0.223. The molecule has 4 aromatic rings. The summed E-state index contributed by atoms with van der Waals surface area (Å²) in [5.74, 6) is -0.0652. The number of hydrogen-bond acceptors (Lipinski definition) is 5.